The van der Waals surface area contributed by atoms with Gasteiger partial charge < -0.3 is 4.74 Å². The fraction of sp³-hybridized carbons (Fsp3) is 0.0417. The van der Waals surface area contributed by atoms with Crippen LogP contribution in [0.15, 0.2) is 84.9 Å². The summed E-state index contributed by atoms with van der Waals surface area (Å²) in [4.78, 5) is 12.4. The van der Waals surface area contributed by atoms with E-state index in [0.717, 1.165) is 27.3 Å². The topological polar surface area (TPSA) is 26.3 Å². The second-order valence-electron chi connectivity index (χ2n) is 6.22. The highest BCUT2D eigenvalue weighted by molar-refractivity contribution is 6.22. The predicted molar refractivity (Wildman–Crippen MR) is 108 cm³/mol. The summed E-state index contributed by atoms with van der Waals surface area (Å²) in [5.41, 5.74) is 2.37. The largest absolute Gasteiger partial charge is 0.465 e. The number of methoxy groups -OCH3 is 1. The first kappa shape index (κ1) is 16.1. The fourth-order valence-electron chi connectivity index (χ4n) is 3.19. The maximum Gasteiger partial charge on any atom is 0.338 e. The van der Waals surface area contributed by atoms with Gasteiger partial charge in [-0.1, -0.05) is 72.8 Å². The number of benzene rings is 4. The molecule has 0 aliphatic carbocycles. The van der Waals surface area contributed by atoms with E-state index in [0.29, 0.717) is 5.57 Å². The summed E-state index contributed by atoms with van der Waals surface area (Å²) in [5, 5.41) is 4.56. The third-order valence-corrected chi connectivity index (χ3v) is 4.55. The fourth-order valence-corrected chi connectivity index (χ4v) is 3.19. The molecule has 0 amide bonds. The summed E-state index contributed by atoms with van der Waals surface area (Å²) in [6, 6.07) is 28.5. The summed E-state index contributed by atoms with van der Waals surface area (Å²) >= 11 is 0. The van der Waals surface area contributed by atoms with Crippen LogP contribution in [0.2, 0.25) is 0 Å². The molecule has 0 saturated carbocycles. The maximum absolute atomic E-state index is 12.4. The van der Waals surface area contributed by atoms with Gasteiger partial charge in [0.2, 0.25) is 0 Å². The molecule has 2 heteroatoms. The lowest BCUT2D eigenvalue weighted by Gasteiger charge is -2.08. The lowest BCUT2D eigenvalue weighted by Crippen LogP contribution is -2.04. The molecule has 126 valence electrons. The molecule has 0 radical (unpaired) electrons. The Labute approximate surface area is 152 Å². The second kappa shape index (κ2) is 6.85. The molecule has 0 heterocycles. The molecule has 0 aliphatic heterocycles. The van der Waals surface area contributed by atoms with E-state index in [1.54, 1.807) is 0 Å². The number of esters is 1. The number of ether oxygens (including phenoxy) is 1. The Morgan fingerprint density at radius 2 is 1.31 bits per heavy atom. The van der Waals surface area contributed by atoms with Crippen LogP contribution in [0.4, 0.5) is 0 Å². The van der Waals surface area contributed by atoms with Crippen LogP contribution in [0.3, 0.4) is 0 Å². The van der Waals surface area contributed by atoms with Crippen LogP contribution >= 0.6 is 0 Å². The molecule has 0 bridgehead atoms. The number of rotatable bonds is 3. The summed E-state index contributed by atoms with van der Waals surface area (Å²) in [5.74, 6) is -0.339. The molecule has 0 aliphatic rings. The Morgan fingerprint density at radius 3 is 1.96 bits per heavy atom. The molecule has 0 unspecified atom stereocenters. The van der Waals surface area contributed by atoms with Crippen molar-refractivity contribution in [2.24, 2.45) is 0 Å². The molecule has 4 rings (SSSR count). The van der Waals surface area contributed by atoms with Gasteiger partial charge in [-0.3, -0.25) is 0 Å². The molecular weight excluding hydrogens is 320 g/mol. The summed E-state index contributed by atoms with van der Waals surface area (Å²) in [6.07, 6.45) is 1.89. The zero-order valence-electron chi connectivity index (χ0n) is 14.5. The van der Waals surface area contributed by atoms with Crippen LogP contribution in [0.25, 0.3) is 33.2 Å². The minimum Gasteiger partial charge on any atom is -0.465 e. The van der Waals surface area contributed by atoms with E-state index < -0.39 is 0 Å². The first-order valence-electron chi connectivity index (χ1n) is 8.52. The highest BCUT2D eigenvalue weighted by Gasteiger charge is 2.13. The van der Waals surface area contributed by atoms with Crippen molar-refractivity contribution in [1.29, 1.82) is 0 Å². The SMILES string of the molecule is COC(=O)/C(=C/c1ccc2ccccc2c1)c1ccc2ccccc2c1. The van der Waals surface area contributed by atoms with Gasteiger partial charge in [-0.2, -0.15) is 0 Å². The minimum atomic E-state index is -0.339. The smallest absolute Gasteiger partial charge is 0.338 e. The maximum atomic E-state index is 12.4. The number of carbonyl (C=O) groups is 1. The molecule has 0 aromatic heterocycles. The van der Waals surface area contributed by atoms with E-state index >= 15 is 0 Å². The Balaban J connectivity index is 1.84. The van der Waals surface area contributed by atoms with Gasteiger partial charge in [0.25, 0.3) is 0 Å². The van der Waals surface area contributed by atoms with Crippen LogP contribution in [-0.2, 0) is 9.53 Å². The van der Waals surface area contributed by atoms with Crippen LogP contribution in [0.1, 0.15) is 11.1 Å². The Bertz CT molecular complexity index is 1140. The van der Waals surface area contributed by atoms with Crippen LogP contribution < -0.4 is 0 Å². The highest BCUT2D eigenvalue weighted by atomic mass is 16.5. The molecule has 4 aromatic rings. The Kier molecular flexibility index (Phi) is 4.24. The third-order valence-electron chi connectivity index (χ3n) is 4.55. The third kappa shape index (κ3) is 3.09. The lowest BCUT2D eigenvalue weighted by molar-refractivity contribution is -0.133. The van der Waals surface area contributed by atoms with E-state index in [2.05, 4.69) is 30.3 Å². The second-order valence-corrected chi connectivity index (χ2v) is 6.22. The summed E-state index contributed by atoms with van der Waals surface area (Å²) in [7, 11) is 1.41. The summed E-state index contributed by atoms with van der Waals surface area (Å²) < 4.78 is 5.03. The molecule has 0 N–H and O–H groups in total. The number of hydrogen-bond acceptors (Lipinski definition) is 2. The number of carbonyl (C=O) groups excluding carboxylic acids is 1. The Hall–Kier alpha value is -3.39. The van der Waals surface area contributed by atoms with Gasteiger partial charge in [-0.25, -0.2) is 4.79 Å². The summed E-state index contributed by atoms with van der Waals surface area (Å²) in [6.45, 7) is 0. The van der Waals surface area contributed by atoms with Crippen molar-refractivity contribution in [3.05, 3.63) is 96.1 Å². The van der Waals surface area contributed by atoms with Gasteiger partial charge in [-0.15, -0.1) is 0 Å². The zero-order chi connectivity index (χ0) is 17.9. The van der Waals surface area contributed by atoms with E-state index in [9.17, 15) is 4.79 Å². The van der Waals surface area contributed by atoms with Gasteiger partial charge in [-0.05, 0) is 50.9 Å². The lowest BCUT2D eigenvalue weighted by atomic mass is 9.98. The van der Waals surface area contributed by atoms with Crippen molar-refractivity contribution in [1.82, 2.24) is 0 Å². The molecule has 0 atom stereocenters. The molecule has 0 saturated heterocycles. The molecular formula is C24H18O2. The minimum absolute atomic E-state index is 0.339. The van der Waals surface area contributed by atoms with Crippen molar-refractivity contribution < 1.29 is 9.53 Å². The van der Waals surface area contributed by atoms with Crippen molar-refractivity contribution in [2.75, 3.05) is 7.11 Å². The van der Waals surface area contributed by atoms with Crippen LogP contribution in [0, 0.1) is 0 Å². The van der Waals surface area contributed by atoms with Gasteiger partial charge >= 0.3 is 5.97 Å². The van der Waals surface area contributed by atoms with Crippen molar-refractivity contribution >= 4 is 39.2 Å². The van der Waals surface area contributed by atoms with Gasteiger partial charge in [0, 0.05) is 0 Å². The van der Waals surface area contributed by atoms with E-state index in [-0.39, 0.29) is 5.97 Å². The van der Waals surface area contributed by atoms with E-state index in [4.69, 9.17) is 4.74 Å². The van der Waals surface area contributed by atoms with E-state index in [1.807, 2.05) is 60.7 Å². The average molecular weight is 338 g/mol. The van der Waals surface area contributed by atoms with E-state index in [1.165, 1.54) is 12.5 Å². The molecule has 26 heavy (non-hydrogen) atoms. The monoisotopic (exact) mass is 338 g/mol. The highest BCUT2D eigenvalue weighted by Crippen LogP contribution is 2.25. The Morgan fingerprint density at radius 1 is 0.731 bits per heavy atom. The first-order valence-corrected chi connectivity index (χ1v) is 8.52. The number of fused-ring (bicyclic) bond motifs is 2. The number of hydrogen-bond donors (Lipinski definition) is 0. The predicted octanol–water partition coefficient (Wildman–Crippen LogP) is 5.71. The van der Waals surface area contributed by atoms with Gasteiger partial charge in [0.15, 0.2) is 0 Å². The molecule has 0 fully saturated rings. The molecule has 2 nitrogen and oxygen atoms in total. The van der Waals surface area contributed by atoms with Crippen LogP contribution in [-0.4, -0.2) is 13.1 Å². The quantitative estimate of drug-likeness (QED) is 0.272. The van der Waals surface area contributed by atoms with Gasteiger partial charge in [0.1, 0.15) is 0 Å². The molecule has 0 spiro atoms. The first-order chi connectivity index (χ1) is 12.7. The van der Waals surface area contributed by atoms with Crippen LogP contribution in [0.5, 0.6) is 0 Å². The molecule has 4 aromatic carbocycles. The van der Waals surface area contributed by atoms with Crippen molar-refractivity contribution in [2.45, 2.75) is 0 Å². The van der Waals surface area contributed by atoms with Crippen molar-refractivity contribution in [3.63, 3.8) is 0 Å². The van der Waals surface area contributed by atoms with Crippen molar-refractivity contribution in [3.8, 4) is 0 Å². The average Bonchev–Trinajstić information content (AvgIpc) is 2.71. The van der Waals surface area contributed by atoms with Gasteiger partial charge in [0.05, 0.1) is 12.7 Å². The zero-order valence-corrected chi connectivity index (χ0v) is 14.5. The standard InChI is InChI=1S/C24H18O2/c1-26-24(25)23(22-13-12-19-7-3-5-9-21(19)16-22)15-17-10-11-18-6-2-4-8-20(18)14-17/h2-16H,1H3/b23-15+. The normalized spacial score (nSPS) is 11.7.